The van der Waals surface area contributed by atoms with Crippen molar-refractivity contribution in [1.82, 2.24) is 10.6 Å². The molecular weight excluding hydrogens is 364 g/mol. The van der Waals surface area contributed by atoms with Gasteiger partial charge in [-0.05, 0) is 24.6 Å². The van der Waals surface area contributed by atoms with Gasteiger partial charge >= 0.3 is 12.0 Å². The van der Waals surface area contributed by atoms with Gasteiger partial charge in [0.25, 0.3) is 5.91 Å². The van der Waals surface area contributed by atoms with E-state index in [9.17, 15) is 14.4 Å². The summed E-state index contributed by atoms with van der Waals surface area (Å²) in [5.41, 5.74) is 0.888. The second-order valence-electron chi connectivity index (χ2n) is 6.10. The standard InChI is InChI=1S/C20H20N2O6/c1-13(18(23)22-20(25)21-11-14-7-3-2-4-8-14)27-19(24)17-12-26-15-9-5-6-10-16(15)28-17/h2-10,13,17H,11-12H2,1H3,(H2,21,22,23,25). The van der Waals surface area contributed by atoms with E-state index in [4.69, 9.17) is 14.2 Å². The molecule has 0 spiro atoms. The van der Waals surface area contributed by atoms with Crippen LogP contribution in [0.15, 0.2) is 54.6 Å². The van der Waals surface area contributed by atoms with Crippen LogP contribution in [-0.4, -0.2) is 36.7 Å². The topological polar surface area (TPSA) is 103 Å². The van der Waals surface area contributed by atoms with Crippen LogP contribution in [0.25, 0.3) is 0 Å². The van der Waals surface area contributed by atoms with Gasteiger partial charge in [-0.3, -0.25) is 10.1 Å². The van der Waals surface area contributed by atoms with Crippen LogP contribution in [0.2, 0.25) is 0 Å². The fraction of sp³-hybridized carbons (Fsp3) is 0.250. The average molecular weight is 384 g/mol. The summed E-state index contributed by atoms with van der Waals surface area (Å²) in [5.74, 6) is -0.529. The van der Waals surface area contributed by atoms with Gasteiger partial charge in [0.1, 0.15) is 6.61 Å². The number of fused-ring (bicyclic) bond motifs is 1. The van der Waals surface area contributed by atoms with Crippen molar-refractivity contribution in [1.29, 1.82) is 0 Å². The van der Waals surface area contributed by atoms with Crippen molar-refractivity contribution in [2.75, 3.05) is 6.61 Å². The van der Waals surface area contributed by atoms with Crippen LogP contribution in [-0.2, 0) is 20.9 Å². The first-order valence-electron chi connectivity index (χ1n) is 8.74. The molecule has 2 aromatic rings. The highest BCUT2D eigenvalue weighted by Gasteiger charge is 2.31. The lowest BCUT2D eigenvalue weighted by Gasteiger charge is -2.25. The van der Waals surface area contributed by atoms with Gasteiger partial charge in [0, 0.05) is 6.54 Å². The Morgan fingerprint density at radius 2 is 1.75 bits per heavy atom. The summed E-state index contributed by atoms with van der Waals surface area (Å²) in [6, 6.07) is 15.5. The number of amides is 3. The highest BCUT2D eigenvalue weighted by Crippen LogP contribution is 2.31. The summed E-state index contributed by atoms with van der Waals surface area (Å²) < 4.78 is 16.1. The molecule has 1 heterocycles. The largest absolute Gasteiger partial charge is 0.485 e. The van der Waals surface area contributed by atoms with Gasteiger partial charge in [0.05, 0.1) is 0 Å². The summed E-state index contributed by atoms with van der Waals surface area (Å²) >= 11 is 0. The zero-order valence-corrected chi connectivity index (χ0v) is 15.2. The molecule has 1 aliphatic heterocycles. The Kier molecular flexibility index (Phi) is 6.11. The van der Waals surface area contributed by atoms with E-state index in [0.717, 1.165) is 5.56 Å². The maximum absolute atomic E-state index is 12.2. The molecule has 146 valence electrons. The highest BCUT2D eigenvalue weighted by atomic mass is 16.6. The zero-order chi connectivity index (χ0) is 19.9. The molecule has 2 N–H and O–H groups in total. The number of esters is 1. The second-order valence-corrected chi connectivity index (χ2v) is 6.10. The molecule has 0 aromatic heterocycles. The van der Waals surface area contributed by atoms with Crippen LogP contribution in [0.5, 0.6) is 11.5 Å². The van der Waals surface area contributed by atoms with Crippen molar-refractivity contribution >= 4 is 17.9 Å². The van der Waals surface area contributed by atoms with Crippen molar-refractivity contribution in [3.63, 3.8) is 0 Å². The molecule has 3 amide bonds. The van der Waals surface area contributed by atoms with E-state index < -0.39 is 30.1 Å². The molecule has 8 heteroatoms. The van der Waals surface area contributed by atoms with Gasteiger partial charge < -0.3 is 19.5 Å². The van der Waals surface area contributed by atoms with Gasteiger partial charge in [-0.2, -0.15) is 0 Å². The Hall–Kier alpha value is -3.55. The third kappa shape index (κ3) is 5.00. The highest BCUT2D eigenvalue weighted by molar-refractivity contribution is 5.97. The van der Waals surface area contributed by atoms with E-state index in [1.807, 2.05) is 30.3 Å². The molecule has 3 rings (SSSR count). The van der Waals surface area contributed by atoms with Crippen LogP contribution in [0.3, 0.4) is 0 Å². The monoisotopic (exact) mass is 384 g/mol. The summed E-state index contributed by atoms with van der Waals surface area (Å²) in [7, 11) is 0. The number of carbonyl (C=O) groups excluding carboxylic acids is 3. The summed E-state index contributed by atoms with van der Waals surface area (Å²) in [6.45, 7) is 1.61. The summed E-state index contributed by atoms with van der Waals surface area (Å²) in [4.78, 5) is 36.1. The zero-order valence-electron chi connectivity index (χ0n) is 15.2. The molecule has 2 unspecified atom stereocenters. The molecule has 0 saturated carbocycles. The molecule has 1 aliphatic rings. The van der Waals surface area contributed by atoms with Crippen LogP contribution < -0.4 is 20.1 Å². The average Bonchev–Trinajstić information content (AvgIpc) is 2.72. The third-order valence-electron chi connectivity index (χ3n) is 3.97. The smallest absolute Gasteiger partial charge is 0.351 e. The lowest BCUT2D eigenvalue weighted by Crippen LogP contribution is -2.46. The number of ether oxygens (including phenoxy) is 3. The van der Waals surface area contributed by atoms with Crippen molar-refractivity contribution < 1.29 is 28.6 Å². The Labute approximate surface area is 161 Å². The van der Waals surface area contributed by atoms with Crippen molar-refractivity contribution in [3.8, 4) is 11.5 Å². The number of rotatable bonds is 5. The van der Waals surface area contributed by atoms with Crippen molar-refractivity contribution in [2.45, 2.75) is 25.7 Å². The van der Waals surface area contributed by atoms with Crippen LogP contribution in [0.1, 0.15) is 12.5 Å². The Balaban J connectivity index is 1.44. The van der Waals surface area contributed by atoms with Gasteiger partial charge in [0.2, 0.25) is 6.10 Å². The number of hydrogen-bond donors (Lipinski definition) is 2. The van der Waals surface area contributed by atoms with E-state index in [0.29, 0.717) is 11.5 Å². The Morgan fingerprint density at radius 1 is 1.07 bits per heavy atom. The molecule has 0 aliphatic carbocycles. The lowest BCUT2D eigenvalue weighted by atomic mass is 10.2. The van der Waals surface area contributed by atoms with Crippen LogP contribution in [0, 0.1) is 0 Å². The van der Waals surface area contributed by atoms with Crippen LogP contribution >= 0.6 is 0 Å². The summed E-state index contributed by atoms with van der Waals surface area (Å²) in [6.07, 6.45) is -2.16. The minimum atomic E-state index is -1.17. The predicted octanol–water partition coefficient (Wildman–Crippen LogP) is 1.78. The number of imide groups is 1. The molecular formula is C20H20N2O6. The molecule has 8 nitrogen and oxygen atoms in total. The van der Waals surface area contributed by atoms with Crippen molar-refractivity contribution in [3.05, 3.63) is 60.2 Å². The summed E-state index contributed by atoms with van der Waals surface area (Å²) in [5, 5.41) is 4.69. The fourth-order valence-electron chi connectivity index (χ4n) is 2.48. The van der Waals surface area contributed by atoms with Crippen molar-refractivity contribution in [2.24, 2.45) is 0 Å². The predicted molar refractivity (Wildman–Crippen MR) is 98.7 cm³/mol. The van der Waals surface area contributed by atoms with Gasteiger partial charge in [-0.15, -0.1) is 0 Å². The van der Waals surface area contributed by atoms with Gasteiger partial charge in [-0.1, -0.05) is 42.5 Å². The van der Waals surface area contributed by atoms with E-state index in [1.165, 1.54) is 6.92 Å². The van der Waals surface area contributed by atoms with E-state index >= 15 is 0 Å². The minimum Gasteiger partial charge on any atom is -0.485 e. The molecule has 28 heavy (non-hydrogen) atoms. The molecule has 2 atom stereocenters. The first-order valence-corrected chi connectivity index (χ1v) is 8.74. The molecule has 0 fully saturated rings. The molecule has 2 aromatic carbocycles. The van der Waals surface area contributed by atoms with E-state index in [1.54, 1.807) is 24.3 Å². The number of benzene rings is 2. The number of nitrogens with one attached hydrogen (secondary N) is 2. The number of hydrogen-bond acceptors (Lipinski definition) is 6. The number of para-hydroxylation sites is 2. The Morgan fingerprint density at radius 3 is 2.50 bits per heavy atom. The quantitative estimate of drug-likeness (QED) is 0.762. The van der Waals surface area contributed by atoms with E-state index in [-0.39, 0.29) is 13.2 Å². The lowest BCUT2D eigenvalue weighted by molar-refractivity contribution is -0.163. The Bertz CT molecular complexity index is 855. The minimum absolute atomic E-state index is 0.0260. The fourth-order valence-corrected chi connectivity index (χ4v) is 2.48. The number of carbonyl (C=O) groups is 3. The molecule has 0 bridgehead atoms. The molecule has 0 saturated heterocycles. The van der Waals surface area contributed by atoms with Gasteiger partial charge in [-0.25, -0.2) is 9.59 Å². The first-order chi connectivity index (χ1) is 13.5. The third-order valence-corrected chi connectivity index (χ3v) is 3.97. The van der Waals surface area contributed by atoms with E-state index in [2.05, 4.69) is 10.6 Å². The van der Waals surface area contributed by atoms with Gasteiger partial charge in [0.15, 0.2) is 17.6 Å². The maximum atomic E-state index is 12.2. The number of urea groups is 1. The normalized spacial score (nSPS) is 15.8. The molecule has 0 radical (unpaired) electrons. The SMILES string of the molecule is CC(OC(=O)C1COc2ccccc2O1)C(=O)NC(=O)NCc1ccccc1. The second kappa shape index (κ2) is 8.90. The van der Waals surface area contributed by atoms with Crippen LogP contribution in [0.4, 0.5) is 4.79 Å². The first kappa shape index (κ1) is 19.2. The maximum Gasteiger partial charge on any atom is 0.351 e.